The third-order valence-electron chi connectivity index (χ3n) is 3.06. The van der Waals surface area contributed by atoms with E-state index in [0.717, 1.165) is 7.11 Å². The number of amides is 1. The molecule has 0 atom stereocenters. The highest BCUT2D eigenvalue weighted by Crippen LogP contribution is 2.21. The molecule has 0 saturated heterocycles. The summed E-state index contributed by atoms with van der Waals surface area (Å²) < 4.78 is 32.5. The number of halogens is 2. The SMILES string of the molecule is COC(=O)c1cc(F)c(F)cc1NC(=O)c1nc2cnccn2n1. The Kier molecular flexibility index (Phi) is 3.86. The number of anilines is 1. The lowest BCUT2D eigenvalue weighted by atomic mass is 10.1. The second kappa shape index (κ2) is 5.99. The molecule has 2 heterocycles. The zero-order valence-electron chi connectivity index (χ0n) is 12.2. The van der Waals surface area contributed by atoms with Crippen LogP contribution in [0.2, 0.25) is 0 Å². The van der Waals surface area contributed by atoms with Gasteiger partial charge in [-0.25, -0.2) is 23.1 Å². The molecule has 3 aromatic rings. The van der Waals surface area contributed by atoms with Crippen LogP contribution in [0.4, 0.5) is 14.5 Å². The summed E-state index contributed by atoms with van der Waals surface area (Å²) in [6, 6.07) is 1.31. The number of hydrogen-bond acceptors (Lipinski definition) is 6. The van der Waals surface area contributed by atoms with Crippen molar-refractivity contribution in [3.05, 3.63) is 53.7 Å². The predicted molar refractivity (Wildman–Crippen MR) is 76.4 cm³/mol. The van der Waals surface area contributed by atoms with Gasteiger partial charge in [0, 0.05) is 18.5 Å². The van der Waals surface area contributed by atoms with Gasteiger partial charge in [0.2, 0.25) is 5.82 Å². The smallest absolute Gasteiger partial charge is 0.340 e. The lowest BCUT2D eigenvalue weighted by Gasteiger charge is -2.09. The Balaban J connectivity index is 1.96. The van der Waals surface area contributed by atoms with Gasteiger partial charge in [0.25, 0.3) is 5.91 Å². The largest absolute Gasteiger partial charge is 0.465 e. The van der Waals surface area contributed by atoms with Crippen LogP contribution in [0, 0.1) is 11.6 Å². The minimum atomic E-state index is -1.25. The fourth-order valence-corrected chi connectivity index (χ4v) is 1.95. The maximum absolute atomic E-state index is 13.4. The van der Waals surface area contributed by atoms with E-state index in [1.165, 1.54) is 23.1 Å². The fourth-order valence-electron chi connectivity index (χ4n) is 1.95. The molecule has 0 radical (unpaired) electrons. The molecule has 24 heavy (non-hydrogen) atoms. The molecule has 122 valence electrons. The molecule has 0 saturated carbocycles. The monoisotopic (exact) mass is 333 g/mol. The predicted octanol–water partition coefficient (Wildman–Crippen LogP) is 1.44. The van der Waals surface area contributed by atoms with Gasteiger partial charge in [-0.05, 0) is 6.07 Å². The van der Waals surface area contributed by atoms with E-state index in [1.807, 2.05) is 0 Å². The summed E-state index contributed by atoms with van der Waals surface area (Å²) in [6.07, 6.45) is 4.33. The molecule has 0 aliphatic rings. The van der Waals surface area contributed by atoms with Gasteiger partial charge in [0.15, 0.2) is 17.3 Å². The maximum atomic E-state index is 13.4. The molecule has 10 heteroatoms. The summed E-state index contributed by atoms with van der Waals surface area (Å²) in [5.74, 6) is -4.45. The van der Waals surface area contributed by atoms with Crippen LogP contribution < -0.4 is 5.32 Å². The molecule has 8 nitrogen and oxygen atoms in total. The van der Waals surface area contributed by atoms with Crippen LogP contribution in [-0.2, 0) is 4.74 Å². The number of carbonyl (C=O) groups excluding carboxylic acids is 2. The molecule has 0 bridgehead atoms. The summed E-state index contributed by atoms with van der Waals surface area (Å²) in [4.78, 5) is 31.6. The number of aromatic nitrogens is 4. The molecule has 1 N–H and O–H groups in total. The quantitative estimate of drug-likeness (QED) is 0.728. The number of hydrogen-bond donors (Lipinski definition) is 1. The van der Waals surface area contributed by atoms with E-state index in [1.54, 1.807) is 0 Å². The molecule has 1 aromatic carbocycles. The molecular formula is C14H9F2N5O3. The van der Waals surface area contributed by atoms with Crippen LogP contribution in [0.25, 0.3) is 5.65 Å². The van der Waals surface area contributed by atoms with Crippen LogP contribution in [-0.4, -0.2) is 38.6 Å². The third kappa shape index (κ3) is 2.76. The van der Waals surface area contributed by atoms with Crippen LogP contribution in [0.1, 0.15) is 21.0 Å². The van der Waals surface area contributed by atoms with E-state index in [0.29, 0.717) is 17.8 Å². The van der Waals surface area contributed by atoms with E-state index in [2.05, 4.69) is 25.1 Å². The first-order chi connectivity index (χ1) is 11.5. The van der Waals surface area contributed by atoms with Gasteiger partial charge in [0.05, 0.1) is 24.6 Å². The van der Waals surface area contributed by atoms with Gasteiger partial charge < -0.3 is 10.1 Å². The van der Waals surface area contributed by atoms with Crippen molar-refractivity contribution >= 4 is 23.2 Å². The minimum absolute atomic E-state index is 0.233. The van der Waals surface area contributed by atoms with E-state index in [-0.39, 0.29) is 17.1 Å². The van der Waals surface area contributed by atoms with E-state index < -0.39 is 23.5 Å². The number of nitrogens with zero attached hydrogens (tertiary/aromatic N) is 4. The van der Waals surface area contributed by atoms with Gasteiger partial charge in [-0.2, -0.15) is 0 Å². The topological polar surface area (TPSA) is 98.5 Å². The summed E-state index contributed by atoms with van der Waals surface area (Å²) in [6.45, 7) is 0. The number of ether oxygens (including phenoxy) is 1. The Bertz CT molecular complexity index is 924. The van der Waals surface area contributed by atoms with Gasteiger partial charge in [-0.1, -0.05) is 0 Å². The van der Waals surface area contributed by atoms with Crippen molar-refractivity contribution in [1.82, 2.24) is 19.6 Å². The molecule has 0 unspecified atom stereocenters. The lowest BCUT2D eigenvalue weighted by molar-refractivity contribution is 0.0601. The summed E-state index contributed by atoms with van der Waals surface area (Å²) in [5, 5.41) is 6.18. The third-order valence-corrected chi connectivity index (χ3v) is 3.06. The Labute approximate surface area is 133 Å². The first kappa shape index (κ1) is 15.5. The van der Waals surface area contributed by atoms with Gasteiger partial charge in [0.1, 0.15) is 0 Å². The van der Waals surface area contributed by atoms with Gasteiger partial charge in [-0.15, -0.1) is 5.10 Å². The summed E-state index contributed by atoms with van der Waals surface area (Å²) in [5.41, 5.74) is -0.279. The number of methoxy groups -OCH3 is 1. The molecule has 3 rings (SSSR count). The normalized spacial score (nSPS) is 10.6. The van der Waals surface area contributed by atoms with Crippen LogP contribution in [0.3, 0.4) is 0 Å². The second-order valence-corrected chi connectivity index (χ2v) is 4.57. The Hall–Kier alpha value is -3.43. The zero-order chi connectivity index (χ0) is 17.3. The van der Waals surface area contributed by atoms with Crippen molar-refractivity contribution < 1.29 is 23.1 Å². The van der Waals surface area contributed by atoms with Crippen molar-refractivity contribution in [3.8, 4) is 0 Å². The van der Waals surface area contributed by atoms with Crippen LogP contribution >= 0.6 is 0 Å². The number of rotatable bonds is 3. The molecule has 0 fully saturated rings. The Morgan fingerprint density at radius 2 is 2.00 bits per heavy atom. The summed E-state index contributed by atoms with van der Waals surface area (Å²) in [7, 11) is 1.08. The summed E-state index contributed by atoms with van der Waals surface area (Å²) >= 11 is 0. The molecule has 1 amide bonds. The van der Waals surface area contributed by atoms with Crippen molar-refractivity contribution in [2.24, 2.45) is 0 Å². The van der Waals surface area contributed by atoms with E-state index in [4.69, 9.17) is 0 Å². The number of esters is 1. The van der Waals surface area contributed by atoms with Crippen molar-refractivity contribution in [3.63, 3.8) is 0 Å². The van der Waals surface area contributed by atoms with E-state index in [9.17, 15) is 18.4 Å². The molecular weight excluding hydrogens is 324 g/mol. The van der Waals surface area contributed by atoms with Crippen LogP contribution in [0.15, 0.2) is 30.7 Å². The highest BCUT2D eigenvalue weighted by molar-refractivity contribution is 6.06. The van der Waals surface area contributed by atoms with Crippen LogP contribution in [0.5, 0.6) is 0 Å². The van der Waals surface area contributed by atoms with Crippen molar-refractivity contribution in [2.45, 2.75) is 0 Å². The standard InChI is InChI=1S/C14H9F2N5O3/c1-24-14(23)7-4-8(15)9(16)5-10(7)18-13(22)12-19-11-6-17-2-3-21(11)20-12/h2-6H,1H3,(H,18,22). The Morgan fingerprint density at radius 1 is 1.25 bits per heavy atom. The number of nitrogens with one attached hydrogen (secondary N) is 1. The van der Waals surface area contributed by atoms with Gasteiger partial charge in [-0.3, -0.25) is 9.78 Å². The van der Waals surface area contributed by atoms with E-state index >= 15 is 0 Å². The Morgan fingerprint density at radius 3 is 2.71 bits per heavy atom. The number of fused-ring (bicyclic) bond motifs is 1. The lowest BCUT2D eigenvalue weighted by Crippen LogP contribution is -2.17. The molecule has 0 aliphatic heterocycles. The fraction of sp³-hybridized carbons (Fsp3) is 0.0714. The number of benzene rings is 1. The average Bonchev–Trinajstić information content (AvgIpc) is 3.01. The average molecular weight is 333 g/mol. The molecule has 2 aromatic heterocycles. The minimum Gasteiger partial charge on any atom is -0.465 e. The first-order valence-electron chi connectivity index (χ1n) is 6.54. The van der Waals surface area contributed by atoms with Crippen molar-refractivity contribution in [1.29, 1.82) is 0 Å². The number of carbonyl (C=O) groups is 2. The molecule has 0 spiro atoms. The van der Waals surface area contributed by atoms with Crippen molar-refractivity contribution in [2.75, 3.05) is 12.4 Å². The highest BCUT2D eigenvalue weighted by atomic mass is 19.2. The second-order valence-electron chi connectivity index (χ2n) is 4.57. The molecule has 0 aliphatic carbocycles. The maximum Gasteiger partial charge on any atom is 0.340 e. The zero-order valence-corrected chi connectivity index (χ0v) is 12.2. The first-order valence-corrected chi connectivity index (χ1v) is 6.54. The van der Waals surface area contributed by atoms with Gasteiger partial charge >= 0.3 is 5.97 Å². The highest BCUT2D eigenvalue weighted by Gasteiger charge is 2.20.